The summed E-state index contributed by atoms with van der Waals surface area (Å²) in [6.45, 7) is 6.15. The van der Waals surface area contributed by atoms with Crippen LogP contribution in [0.3, 0.4) is 0 Å². The lowest BCUT2D eigenvalue weighted by Crippen LogP contribution is -2.33. The summed E-state index contributed by atoms with van der Waals surface area (Å²) in [5.74, 6) is 0.328. The van der Waals surface area contributed by atoms with Crippen molar-refractivity contribution in [3.8, 4) is 0 Å². The van der Waals surface area contributed by atoms with E-state index in [1.54, 1.807) is 0 Å². The number of hydrogen-bond donors (Lipinski definition) is 1. The molecule has 0 saturated heterocycles. The van der Waals surface area contributed by atoms with Crippen molar-refractivity contribution in [3.05, 3.63) is 0 Å². The second kappa shape index (κ2) is 3.24. The van der Waals surface area contributed by atoms with Gasteiger partial charge in [0.2, 0.25) is 10.0 Å². The molecule has 3 nitrogen and oxygen atoms in total. The number of nitrogens with two attached hydrogens (primary N) is 1. The van der Waals surface area contributed by atoms with Crippen LogP contribution in [0.1, 0.15) is 40.0 Å². The van der Waals surface area contributed by atoms with E-state index in [4.69, 9.17) is 5.14 Å². The van der Waals surface area contributed by atoms with Crippen molar-refractivity contribution in [1.82, 2.24) is 0 Å². The van der Waals surface area contributed by atoms with E-state index >= 15 is 0 Å². The minimum absolute atomic E-state index is 0.0414. The average Bonchev–Trinajstić information content (AvgIpc) is 2.58. The molecule has 4 heteroatoms. The minimum Gasteiger partial charge on any atom is -0.228 e. The van der Waals surface area contributed by atoms with Crippen LogP contribution in [0, 0.1) is 11.3 Å². The summed E-state index contributed by atoms with van der Waals surface area (Å²) < 4.78 is 22.5. The lowest BCUT2D eigenvalue weighted by Gasteiger charge is -2.24. The molecule has 0 amide bonds. The van der Waals surface area contributed by atoms with Gasteiger partial charge in [-0.15, -0.1) is 0 Å². The molecule has 78 valence electrons. The van der Waals surface area contributed by atoms with Gasteiger partial charge >= 0.3 is 0 Å². The minimum atomic E-state index is -3.33. The maximum Gasteiger partial charge on any atom is 0.212 e. The van der Waals surface area contributed by atoms with Gasteiger partial charge in [0.15, 0.2) is 0 Å². The van der Waals surface area contributed by atoms with Gasteiger partial charge in [0.25, 0.3) is 0 Å². The fourth-order valence-corrected chi connectivity index (χ4v) is 3.16. The zero-order chi connectivity index (χ0) is 10.3. The van der Waals surface area contributed by atoms with Crippen LogP contribution >= 0.6 is 0 Å². The van der Waals surface area contributed by atoms with E-state index in [-0.39, 0.29) is 10.7 Å². The molecule has 1 aliphatic carbocycles. The standard InChI is InChI=1S/C9H19NO2S/c1-9(2,3)6-8(7-4-5-7)13(10,11)12/h7-8H,4-6H2,1-3H3,(H2,10,11,12). The first kappa shape index (κ1) is 11.0. The summed E-state index contributed by atoms with van der Waals surface area (Å²) >= 11 is 0. The highest BCUT2D eigenvalue weighted by atomic mass is 32.2. The molecule has 0 aromatic carbocycles. The Morgan fingerprint density at radius 3 is 2.08 bits per heavy atom. The lowest BCUT2D eigenvalue weighted by molar-refractivity contribution is 0.354. The van der Waals surface area contributed by atoms with Gasteiger partial charge in [0.05, 0.1) is 5.25 Å². The zero-order valence-corrected chi connectivity index (χ0v) is 9.39. The van der Waals surface area contributed by atoms with Crippen LogP contribution in [0.25, 0.3) is 0 Å². The Morgan fingerprint density at radius 2 is 1.85 bits per heavy atom. The normalized spacial score (nSPS) is 21.5. The van der Waals surface area contributed by atoms with E-state index in [0.29, 0.717) is 12.3 Å². The van der Waals surface area contributed by atoms with E-state index in [0.717, 1.165) is 12.8 Å². The fraction of sp³-hybridized carbons (Fsp3) is 1.00. The third-order valence-electron chi connectivity index (χ3n) is 2.38. The highest BCUT2D eigenvalue weighted by Crippen LogP contribution is 2.40. The highest BCUT2D eigenvalue weighted by molar-refractivity contribution is 7.89. The molecule has 1 aliphatic rings. The topological polar surface area (TPSA) is 60.2 Å². The van der Waals surface area contributed by atoms with Crippen LogP contribution in [0.2, 0.25) is 0 Å². The highest BCUT2D eigenvalue weighted by Gasteiger charge is 2.40. The summed E-state index contributed by atoms with van der Waals surface area (Å²) in [6, 6.07) is 0. The van der Waals surface area contributed by atoms with Crippen molar-refractivity contribution in [2.75, 3.05) is 0 Å². The first-order valence-corrected chi connectivity index (χ1v) is 6.33. The van der Waals surface area contributed by atoms with E-state index in [1.165, 1.54) is 0 Å². The first-order chi connectivity index (χ1) is 5.70. The summed E-state index contributed by atoms with van der Waals surface area (Å²) in [4.78, 5) is 0. The predicted octanol–water partition coefficient (Wildman–Crippen LogP) is 1.49. The molecular formula is C9H19NO2S. The summed E-state index contributed by atoms with van der Waals surface area (Å²) in [7, 11) is -3.33. The molecule has 0 spiro atoms. The second-order valence-electron chi connectivity index (χ2n) is 5.23. The maximum atomic E-state index is 11.3. The smallest absolute Gasteiger partial charge is 0.212 e. The Kier molecular flexibility index (Phi) is 2.74. The molecule has 1 atom stereocenters. The van der Waals surface area contributed by atoms with Gasteiger partial charge in [-0.25, -0.2) is 13.6 Å². The number of rotatable bonds is 3. The molecule has 0 aliphatic heterocycles. The monoisotopic (exact) mass is 205 g/mol. The van der Waals surface area contributed by atoms with Crippen LogP contribution in [-0.4, -0.2) is 13.7 Å². The van der Waals surface area contributed by atoms with Crippen LogP contribution in [-0.2, 0) is 10.0 Å². The van der Waals surface area contributed by atoms with E-state index in [2.05, 4.69) is 0 Å². The third-order valence-corrected chi connectivity index (χ3v) is 3.78. The Labute approximate surface area is 80.8 Å². The Bertz CT molecular complexity index is 272. The van der Waals surface area contributed by atoms with Crippen LogP contribution in [0.15, 0.2) is 0 Å². The molecule has 1 saturated carbocycles. The van der Waals surface area contributed by atoms with E-state index in [9.17, 15) is 8.42 Å². The van der Waals surface area contributed by atoms with Gasteiger partial charge in [-0.2, -0.15) is 0 Å². The van der Waals surface area contributed by atoms with Crippen molar-refractivity contribution >= 4 is 10.0 Å². The Morgan fingerprint density at radius 1 is 1.38 bits per heavy atom. The van der Waals surface area contributed by atoms with Gasteiger partial charge in [-0.1, -0.05) is 20.8 Å². The third kappa shape index (κ3) is 3.65. The van der Waals surface area contributed by atoms with Gasteiger partial charge in [0.1, 0.15) is 0 Å². The molecule has 0 radical (unpaired) electrons. The number of hydrogen-bond acceptors (Lipinski definition) is 2. The summed E-state index contributed by atoms with van der Waals surface area (Å²) in [5.41, 5.74) is 0.0414. The fourth-order valence-electron chi connectivity index (χ4n) is 1.62. The SMILES string of the molecule is CC(C)(C)CC(C1CC1)S(N)(=O)=O. The molecule has 13 heavy (non-hydrogen) atoms. The lowest BCUT2D eigenvalue weighted by atomic mass is 9.89. The summed E-state index contributed by atoms with van der Waals surface area (Å²) in [6.07, 6.45) is 2.73. The zero-order valence-electron chi connectivity index (χ0n) is 8.58. The molecule has 0 aromatic heterocycles. The molecule has 1 fully saturated rings. The molecule has 0 aromatic rings. The molecule has 0 bridgehead atoms. The van der Waals surface area contributed by atoms with Gasteiger partial charge in [-0.3, -0.25) is 0 Å². The predicted molar refractivity (Wildman–Crippen MR) is 53.7 cm³/mol. The molecular weight excluding hydrogens is 186 g/mol. The first-order valence-electron chi connectivity index (χ1n) is 4.72. The van der Waals surface area contributed by atoms with Crippen molar-refractivity contribution in [3.63, 3.8) is 0 Å². The number of sulfonamides is 1. The van der Waals surface area contributed by atoms with E-state index < -0.39 is 10.0 Å². The van der Waals surface area contributed by atoms with Gasteiger partial charge in [0, 0.05) is 0 Å². The van der Waals surface area contributed by atoms with Gasteiger partial charge in [-0.05, 0) is 30.6 Å². The average molecular weight is 205 g/mol. The summed E-state index contributed by atoms with van der Waals surface area (Å²) in [5, 5.41) is 4.89. The molecule has 1 unspecified atom stereocenters. The maximum absolute atomic E-state index is 11.3. The van der Waals surface area contributed by atoms with E-state index in [1.807, 2.05) is 20.8 Å². The quantitative estimate of drug-likeness (QED) is 0.758. The van der Waals surface area contributed by atoms with Crippen molar-refractivity contribution in [2.45, 2.75) is 45.3 Å². The second-order valence-corrected chi connectivity index (χ2v) is 7.01. The number of primary sulfonamides is 1. The van der Waals surface area contributed by atoms with Crippen molar-refractivity contribution in [2.24, 2.45) is 16.5 Å². The van der Waals surface area contributed by atoms with Crippen LogP contribution in [0.5, 0.6) is 0 Å². The Balaban J connectivity index is 2.70. The molecule has 1 rings (SSSR count). The Hall–Kier alpha value is -0.0900. The largest absolute Gasteiger partial charge is 0.228 e. The molecule has 2 N–H and O–H groups in total. The van der Waals surface area contributed by atoms with Crippen molar-refractivity contribution < 1.29 is 8.42 Å². The molecule has 0 heterocycles. The van der Waals surface area contributed by atoms with Gasteiger partial charge < -0.3 is 0 Å². The van der Waals surface area contributed by atoms with Crippen LogP contribution in [0.4, 0.5) is 0 Å². The van der Waals surface area contributed by atoms with Crippen molar-refractivity contribution in [1.29, 1.82) is 0 Å². The van der Waals surface area contributed by atoms with Crippen LogP contribution < -0.4 is 5.14 Å².